The zero-order valence-corrected chi connectivity index (χ0v) is 34.4. The average Bonchev–Trinajstić information content (AvgIpc) is 3.23. The van der Waals surface area contributed by atoms with E-state index in [0.717, 1.165) is 53.1 Å². The Labute approximate surface area is 347 Å². The van der Waals surface area contributed by atoms with E-state index >= 15 is 0 Å². The highest BCUT2D eigenvalue weighted by Crippen LogP contribution is 2.38. The van der Waals surface area contributed by atoms with E-state index in [2.05, 4.69) is 0 Å². The summed E-state index contributed by atoms with van der Waals surface area (Å²) in [6, 6.07) is 39.8. The first-order chi connectivity index (χ1) is 28.6. The van der Waals surface area contributed by atoms with Crippen LogP contribution in [-0.2, 0) is 36.2 Å². The second-order valence-electron chi connectivity index (χ2n) is 13.5. The molecular formula is C45H36O12S3. The summed E-state index contributed by atoms with van der Waals surface area (Å²) in [5.41, 5.74) is 3.06. The van der Waals surface area contributed by atoms with Gasteiger partial charge in [-0.3, -0.25) is 4.55 Å². The third-order valence-electron chi connectivity index (χ3n) is 9.22. The third-order valence-corrected chi connectivity index (χ3v) is 13.6. The van der Waals surface area contributed by atoms with Gasteiger partial charge < -0.3 is 24.1 Å². The van der Waals surface area contributed by atoms with Gasteiger partial charge in [-0.25, -0.2) is 16.8 Å². The number of hydrogen-bond donors (Lipinski definition) is 2. The first-order valence-corrected chi connectivity index (χ1v) is 22.5. The molecule has 0 atom stereocenters. The van der Waals surface area contributed by atoms with Gasteiger partial charge in [0.05, 0.1) is 26.7 Å². The van der Waals surface area contributed by atoms with E-state index in [4.69, 9.17) is 18.9 Å². The molecule has 0 aliphatic rings. The van der Waals surface area contributed by atoms with Gasteiger partial charge in [0, 0.05) is 6.07 Å². The van der Waals surface area contributed by atoms with Crippen molar-refractivity contribution in [2.75, 3.05) is 7.11 Å². The number of aryl methyl sites for hydroxylation is 1. The van der Waals surface area contributed by atoms with Gasteiger partial charge in [0.15, 0.2) is 11.5 Å². The van der Waals surface area contributed by atoms with Crippen LogP contribution in [0.1, 0.15) is 16.7 Å². The maximum atomic E-state index is 13.4. The molecule has 60 heavy (non-hydrogen) atoms. The molecule has 306 valence electrons. The zero-order chi connectivity index (χ0) is 42.7. The minimum absolute atomic E-state index is 0.00346. The lowest BCUT2D eigenvalue weighted by Gasteiger charge is -2.13. The van der Waals surface area contributed by atoms with Gasteiger partial charge in [0.2, 0.25) is 19.7 Å². The van der Waals surface area contributed by atoms with Crippen molar-refractivity contribution in [3.8, 4) is 46.0 Å². The fraction of sp³-hybridized carbons (Fsp3) is 0.0667. The van der Waals surface area contributed by atoms with Gasteiger partial charge in [0.25, 0.3) is 10.1 Å². The maximum absolute atomic E-state index is 13.4. The molecule has 0 amide bonds. The monoisotopic (exact) mass is 864 g/mol. The molecule has 0 heterocycles. The Balaban J connectivity index is 0.985. The molecule has 0 spiro atoms. The summed E-state index contributed by atoms with van der Waals surface area (Å²) in [7, 11) is -11.4. The number of methoxy groups -OCH3 is 1. The molecule has 0 unspecified atom stereocenters. The Morgan fingerprint density at radius 1 is 0.450 bits per heavy atom. The molecule has 0 bridgehead atoms. The van der Waals surface area contributed by atoms with Crippen molar-refractivity contribution in [3.63, 3.8) is 0 Å². The lowest BCUT2D eigenvalue weighted by Crippen LogP contribution is -2.06. The molecule has 0 saturated heterocycles. The van der Waals surface area contributed by atoms with Crippen LogP contribution in [0.3, 0.4) is 0 Å². The van der Waals surface area contributed by atoms with E-state index in [-0.39, 0.29) is 36.8 Å². The Hall–Kier alpha value is -6.65. The fourth-order valence-electron chi connectivity index (χ4n) is 6.00. The Morgan fingerprint density at radius 2 is 0.850 bits per heavy atom. The summed E-state index contributed by atoms with van der Waals surface area (Å²) in [5.74, 6) is 1.09. The maximum Gasteiger partial charge on any atom is 0.298 e. The molecule has 15 heteroatoms. The molecule has 2 N–H and O–H groups in total. The molecule has 12 nitrogen and oxygen atoms in total. The van der Waals surface area contributed by atoms with Crippen LogP contribution in [0.4, 0.5) is 0 Å². The lowest BCUT2D eigenvalue weighted by atomic mass is 10.0. The lowest BCUT2D eigenvalue weighted by molar-refractivity contribution is 0.403. The molecule has 7 aromatic carbocycles. The second-order valence-corrected chi connectivity index (χ2v) is 18.7. The second kappa shape index (κ2) is 16.9. The molecule has 0 radical (unpaired) electrons. The summed E-state index contributed by atoms with van der Waals surface area (Å²) in [4.78, 5) is -1.23. The predicted molar refractivity (Wildman–Crippen MR) is 222 cm³/mol. The average molecular weight is 865 g/mol. The highest BCUT2D eigenvalue weighted by Gasteiger charge is 2.25. The van der Waals surface area contributed by atoms with Crippen molar-refractivity contribution < 1.29 is 53.9 Å². The summed E-state index contributed by atoms with van der Waals surface area (Å²) in [5, 5.41) is 10.7. The molecule has 0 aliphatic carbocycles. The SMILES string of the molecule is COc1ccc(Cc2ccc(Oc3ccc(S(=O)(=O)c4ccc(Oc5ccc(Oc6ccc(S(=O)(=O)c7ccc(C)cc7)cc6S(=O)(=O)O)cc5O)cc4)cc3)cc2)cc1. The van der Waals surface area contributed by atoms with Crippen LogP contribution < -0.4 is 18.9 Å². The van der Waals surface area contributed by atoms with Crippen molar-refractivity contribution in [2.24, 2.45) is 0 Å². The van der Waals surface area contributed by atoms with Crippen molar-refractivity contribution in [1.82, 2.24) is 0 Å². The van der Waals surface area contributed by atoms with Gasteiger partial charge in [-0.15, -0.1) is 0 Å². The normalized spacial score (nSPS) is 11.8. The van der Waals surface area contributed by atoms with Crippen LogP contribution in [0, 0.1) is 6.92 Å². The van der Waals surface area contributed by atoms with Crippen molar-refractivity contribution in [1.29, 1.82) is 0 Å². The van der Waals surface area contributed by atoms with Gasteiger partial charge in [-0.2, -0.15) is 8.42 Å². The van der Waals surface area contributed by atoms with Crippen LogP contribution in [0.5, 0.6) is 46.0 Å². The number of hydrogen-bond acceptors (Lipinski definition) is 11. The first kappa shape index (κ1) is 41.5. The van der Waals surface area contributed by atoms with Crippen LogP contribution in [0.2, 0.25) is 0 Å². The Bertz CT molecular complexity index is 2990. The molecule has 7 aromatic rings. The summed E-state index contributed by atoms with van der Waals surface area (Å²) >= 11 is 0. The molecule has 0 aliphatic heterocycles. The van der Waals surface area contributed by atoms with Crippen molar-refractivity contribution in [2.45, 2.75) is 37.8 Å². The standard InChI is InChI=1S/C45H36O12S3/c1-30-3-18-38(19-4-30)59(49,50)41-24-26-44(45(29-41)60(51,52)53)57-37-17-25-43(42(46)28-37)56-36-15-22-40(23-16-36)58(47,48)39-20-13-35(14-21-39)55-34-11-7-32(8-12-34)27-31-5-9-33(54-2)10-6-31/h3-26,28-29,46H,27H2,1-2H3,(H,51,52,53). The number of aromatic hydroxyl groups is 1. The highest BCUT2D eigenvalue weighted by atomic mass is 32.2. The van der Waals surface area contributed by atoms with Crippen LogP contribution in [0.25, 0.3) is 0 Å². The van der Waals surface area contributed by atoms with E-state index in [1.807, 2.05) is 48.5 Å². The van der Waals surface area contributed by atoms with Crippen molar-refractivity contribution >= 4 is 29.8 Å². The number of ether oxygens (including phenoxy) is 4. The first-order valence-electron chi connectivity index (χ1n) is 18.1. The van der Waals surface area contributed by atoms with Gasteiger partial charge in [-0.1, -0.05) is 42.0 Å². The topological polar surface area (TPSA) is 180 Å². The zero-order valence-electron chi connectivity index (χ0n) is 31.9. The number of benzene rings is 7. The van der Waals surface area contributed by atoms with Gasteiger partial charge in [0.1, 0.15) is 39.4 Å². The number of sulfone groups is 2. The summed E-state index contributed by atoms with van der Waals surface area (Å²) in [6.45, 7) is 1.79. The van der Waals surface area contributed by atoms with Gasteiger partial charge >= 0.3 is 0 Å². The Morgan fingerprint density at radius 3 is 1.35 bits per heavy atom. The fourth-order valence-corrected chi connectivity index (χ4v) is 9.26. The third kappa shape index (κ3) is 9.45. The smallest absolute Gasteiger partial charge is 0.298 e. The van der Waals surface area contributed by atoms with E-state index in [1.165, 1.54) is 60.7 Å². The molecular weight excluding hydrogens is 829 g/mol. The van der Waals surface area contributed by atoms with E-state index in [1.54, 1.807) is 38.3 Å². The van der Waals surface area contributed by atoms with E-state index < -0.39 is 46.2 Å². The molecule has 7 rings (SSSR count). The number of phenols is 1. The van der Waals surface area contributed by atoms with Gasteiger partial charge in [-0.05, 0) is 140 Å². The summed E-state index contributed by atoms with van der Waals surface area (Å²) < 4.78 is 110. The van der Waals surface area contributed by atoms with Crippen molar-refractivity contribution in [3.05, 3.63) is 174 Å². The molecule has 0 saturated carbocycles. The summed E-state index contributed by atoms with van der Waals surface area (Å²) in [6.07, 6.45) is 0.742. The minimum atomic E-state index is -4.97. The highest BCUT2D eigenvalue weighted by molar-refractivity contribution is 7.92. The van der Waals surface area contributed by atoms with Crippen LogP contribution in [0.15, 0.2) is 182 Å². The Kier molecular flexibility index (Phi) is 11.7. The van der Waals surface area contributed by atoms with E-state index in [9.17, 15) is 34.9 Å². The quantitative estimate of drug-likeness (QED) is 0.0991. The minimum Gasteiger partial charge on any atom is -0.504 e. The molecule has 0 aromatic heterocycles. The van der Waals surface area contributed by atoms with E-state index in [0.29, 0.717) is 11.5 Å². The van der Waals surface area contributed by atoms with Crippen LogP contribution in [-0.4, -0.2) is 42.0 Å². The largest absolute Gasteiger partial charge is 0.504 e. The number of phenolic OH excluding ortho intramolecular Hbond substituents is 1. The predicted octanol–water partition coefficient (Wildman–Crippen LogP) is 9.59. The number of rotatable bonds is 14. The molecule has 0 fully saturated rings. The van der Waals surface area contributed by atoms with Crippen LogP contribution >= 0.6 is 0 Å².